The van der Waals surface area contributed by atoms with Crippen LogP contribution in [0.1, 0.15) is 52.7 Å². The molecule has 2 aromatic rings. The van der Waals surface area contributed by atoms with E-state index in [9.17, 15) is 18.3 Å². The Morgan fingerprint density at radius 2 is 1.71 bits per heavy atom. The highest BCUT2D eigenvalue weighted by molar-refractivity contribution is 7.92. The average Bonchev–Trinajstić information content (AvgIpc) is 3.25. The summed E-state index contributed by atoms with van der Waals surface area (Å²) in [7, 11) is -3.91. The summed E-state index contributed by atoms with van der Waals surface area (Å²) in [5.41, 5.74) is 3.46. The number of hydrogen-bond donors (Lipinski definition) is 2. The highest BCUT2D eigenvalue weighted by Crippen LogP contribution is 2.34. The van der Waals surface area contributed by atoms with E-state index in [1.165, 1.54) is 18.9 Å². The smallest absolute Gasteiger partial charge is 0.335 e. The largest absolute Gasteiger partial charge is 0.478 e. The number of aromatic carboxylic acids is 1. The van der Waals surface area contributed by atoms with Crippen LogP contribution < -0.4 is 9.62 Å². The molecular formula is C26H35N3O4S. The first kappa shape index (κ1) is 24.5. The van der Waals surface area contributed by atoms with E-state index in [4.69, 9.17) is 0 Å². The molecule has 4 rings (SSSR count). The summed E-state index contributed by atoms with van der Waals surface area (Å²) in [4.78, 5) is 16.6. The molecule has 0 aromatic heterocycles. The van der Waals surface area contributed by atoms with Gasteiger partial charge in [0.05, 0.1) is 21.8 Å². The van der Waals surface area contributed by atoms with Gasteiger partial charge in [0.2, 0.25) is 0 Å². The predicted molar refractivity (Wildman–Crippen MR) is 135 cm³/mol. The number of nitrogens with zero attached hydrogens (tertiary/aromatic N) is 2. The van der Waals surface area contributed by atoms with E-state index in [2.05, 4.69) is 14.5 Å². The molecule has 0 unspecified atom stereocenters. The molecule has 2 aliphatic rings. The normalized spacial score (nSPS) is 19.4. The Bertz CT molecular complexity index is 1150. The zero-order chi connectivity index (χ0) is 24.5. The van der Waals surface area contributed by atoms with Crippen LogP contribution >= 0.6 is 0 Å². The van der Waals surface area contributed by atoms with Gasteiger partial charge in [-0.15, -0.1) is 0 Å². The molecule has 8 heteroatoms. The molecule has 2 aliphatic heterocycles. The van der Waals surface area contributed by atoms with Crippen LogP contribution in [0.5, 0.6) is 0 Å². The number of sulfonamides is 1. The fourth-order valence-electron chi connectivity index (χ4n) is 5.58. The van der Waals surface area contributed by atoms with Crippen molar-refractivity contribution < 1.29 is 18.3 Å². The van der Waals surface area contributed by atoms with Crippen LogP contribution in [0.15, 0.2) is 35.2 Å². The number of carboxylic acids is 1. The van der Waals surface area contributed by atoms with Gasteiger partial charge in [-0.2, -0.15) is 0 Å². The van der Waals surface area contributed by atoms with Gasteiger partial charge in [-0.1, -0.05) is 17.7 Å². The van der Waals surface area contributed by atoms with Crippen molar-refractivity contribution in [2.45, 2.75) is 51.3 Å². The summed E-state index contributed by atoms with van der Waals surface area (Å²) in [6, 6.07) is 8.45. The van der Waals surface area contributed by atoms with Crippen molar-refractivity contribution in [3.63, 3.8) is 0 Å². The number of anilines is 2. The molecule has 2 heterocycles. The first-order chi connectivity index (χ1) is 16.1. The van der Waals surface area contributed by atoms with Crippen LogP contribution in [0.4, 0.5) is 11.4 Å². The highest BCUT2D eigenvalue weighted by Gasteiger charge is 2.27. The van der Waals surface area contributed by atoms with Crippen LogP contribution in [0, 0.1) is 26.7 Å². The Labute approximate surface area is 202 Å². The average molecular weight is 486 g/mol. The number of benzene rings is 2. The predicted octanol–water partition coefficient (Wildman–Crippen LogP) is 4.42. The summed E-state index contributed by atoms with van der Waals surface area (Å²) >= 11 is 0. The van der Waals surface area contributed by atoms with Crippen LogP contribution in [-0.4, -0.2) is 57.1 Å². The first-order valence-corrected chi connectivity index (χ1v) is 13.6. The standard InChI is InChI=1S/C26H35N3O4S/c1-18-13-19(2)25(20(3)14-18)34(32,33)27-23-15-22(26(30)31)8-9-24(23)29-12-6-7-21(17-29)16-28-10-4-5-11-28/h8-9,13-15,21,27H,4-7,10-12,16-17H2,1-3H3,(H,30,31)/t21-/m1/s1. The number of piperidine rings is 1. The Kier molecular flexibility index (Phi) is 7.19. The lowest BCUT2D eigenvalue weighted by Crippen LogP contribution is -2.40. The van der Waals surface area contributed by atoms with Crippen molar-refractivity contribution in [2.24, 2.45) is 5.92 Å². The zero-order valence-electron chi connectivity index (χ0n) is 20.3. The van der Waals surface area contributed by atoms with Gasteiger partial charge in [-0.25, -0.2) is 13.2 Å². The number of aryl methyl sites for hydroxylation is 3. The molecule has 0 aliphatic carbocycles. The van der Waals surface area contributed by atoms with Crippen LogP contribution in [0.3, 0.4) is 0 Å². The van der Waals surface area contributed by atoms with Gasteiger partial charge >= 0.3 is 5.97 Å². The minimum Gasteiger partial charge on any atom is -0.478 e. The van der Waals surface area contributed by atoms with Gasteiger partial charge in [0, 0.05) is 19.6 Å². The highest BCUT2D eigenvalue weighted by atomic mass is 32.2. The van der Waals surface area contributed by atoms with Gasteiger partial charge in [-0.05, 0) is 94.8 Å². The molecule has 34 heavy (non-hydrogen) atoms. The summed E-state index contributed by atoms with van der Waals surface area (Å²) in [6.07, 6.45) is 4.71. The van der Waals surface area contributed by atoms with Gasteiger partial charge in [-0.3, -0.25) is 4.72 Å². The Morgan fingerprint density at radius 1 is 1.03 bits per heavy atom. The quantitative estimate of drug-likeness (QED) is 0.603. The Balaban J connectivity index is 1.65. The molecule has 0 spiro atoms. The van der Waals surface area contributed by atoms with Crippen molar-refractivity contribution in [3.8, 4) is 0 Å². The molecule has 0 saturated carbocycles. The molecule has 2 saturated heterocycles. The number of carbonyl (C=O) groups is 1. The van der Waals surface area contributed by atoms with E-state index in [0.717, 1.165) is 56.8 Å². The van der Waals surface area contributed by atoms with E-state index < -0.39 is 16.0 Å². The summed E-state index contributed by atoms with van der Waals surface area (Å²) in [5, 5.41) is 9.55. The zero-order valence-corrected chi connectivity index (χ0v) is 21.1. The molecule has 2 N–H and O–H groups in total. The van der Waals surface area contributed by atoms with E-state index in [-0.39, 0.29) is 10.5 Å². The second-order valence-corrected chi connectivity index (χ2v) is 11.5. The second-order valence-electron chi connectivity index (χ2n) is 9.83. The lowest BCUT2D eigenvalue weighted by molar-refractivity contribution is 0.0697. The van der Waals surface area contributed by atoms with Crippen molar-refractivity contribution in [1.82, 2.24) is 4.90 Å². The third kappa shape index (κ3) is 5.39. The summed E-state index contributed by atoms with van der Waals surface area (Å²) < 4.78 is 29.7. The lowest BCUT2D eigenvalue weighted by Gasteiger charge is -2.37. The van der Waals surface area contributed by atoms with Crippen LogP contribution in [0.2, 0.25) is 0 Å². The first-order valence-electron chi connectivity index (χ1n) is 12.1. The second kappa shape index (κ2) is 9.96. The van der Waals surface area contributed by atoms with Crippen molar-refractivity contribution in [1.29, 1.82) is 0 Å². The lowest BCUT2D eigenvalue weighted by atomic mass is 9.96. The molecule has 0 amide bonds. The maximum Gasteiger partial charge on any atom is 0.335 e. The van der Waals surface area contributed by atoms with Crippen LogP contribution in [0.25, 0.3) is 0 Å². The van der Waals surface area contributed by atoms with Gasteiger partial charge in [0.1, 0.15) is 0 Å². The number of carboxylic acid groups (broad SMARTS) is 1. The fourth-order valence-corrected chi connectivity index (χ4v) is 7.10. The maximum absolute atomic E-state index is 13.5. The summed E-state index contributed by atoms with van der Waals surface area (Å²) in [5.74, 6) is -0.572. The molecule has 2 fully saturated rings. The van der Waals surface area contributed by atoms with Gasteiger partial charge < -0.3 is 14.9 Å². The van der Waals surface area contributed by atoms with E-state index >= 15 is 0 Å². The van der Waals surface area contributed by atoms with E-state index in [1.807, 2.05) is 19.1 Å². The molecule has 7 nitrogen and oxygen atoms in total. The van der Waals surface area contributed by atoms with Gasteiger partial charge in [0.15, 0.2) is 0 Å². The molecule has 184 valence electrons. The van der Waals surface area contributed by atoms with E-state index in [0.29, 0.717) is 22.7 Å². The molecule has 1 atom stereocenters. The number of hydrogen-bond acceptors (Lipinski definition) is 5. The Morgan fingerprint density at radius 3 is 2.35 bits per heavy atom. The number of nitrogens with one attached hydrogen (secondary N) is 1. The molecule has 2 aromatic carbocycles. The molecule has 0 bridgehead atoms. The van der Waals surface area contributed by atoms with E-state index in [1.54, 1.807) is 26.0 Å². The number of likely N-dealkylation sites (tertiary alicyclic amines) is 1. The fraction of sp³-hybridized carbons (Fsp3) is 0.500. The van der Waals surface area contributed by atoms with Crippen LogP contribution in [-0.2, 0) is 10.0 Å². The monoisotopic (exact) mass is 485 g/mol. The van der Waals surface area contributed by atoms with Crippen molar-refractivity contribution >= 4 is 27.4 Å². The molecule has 0 radical (unpaired) electrons. The SMILES string of the molecule is Cc1cc(C)c(S(=O)(=O)Nc2cc(C(=O)O)ccc2N2CCC[C@H](CN3CCCC3)C2)c(C)c1. The minimum atomic E-state index is -3.91. The van der Waals surface area contributed by atoms with Crippen molar-refractivity contribution in [3.05, 3.63) is 52.6 Å². The van der Waals surface area contributed by atoms with Crippen molar-refractivity contribution in [2.75, 3.05) is 42.3 Å². The summed E-state index contributed by atoms with van der Waals surface area (Å²) in [6.45, 7) is 10.5. The Hall–Kier alpha value is -2.58. The third-order valence-electron chi connectivity index (χ3n) is 6.94. The third-order valence-corrected chi connectivity index (χ3v) is 8.61. The maximum atomic E-state index is 13.5. The van der Waals surface area contributed by atoms with Gasteiger partial charge in [0.25, 0.3) is 10.0 Å². The minimum absolute atomic E-state index is 0.0597. The molecular weight excluding hydrogens is 450 g/mol. The number of rotatable bonds is 7. The topological polar surface area (TPSA) is 89.9 Å².